The number of hydrogen-bond donors (Lipinski definition) is 1. The fraction of sp³-hybridized carbons (Fsp3) is 0.667. The lowest BCUT2D eigenvalue weighted by Crippen LogP contribution is -2.22. The van der Waals surface area contributed by atoms with Crippen molar-refractivity contribution in [2.24, 2.45) is 0 Å². The third-order valence-electron chi connectivity index (χ3n) is 1.39. The van der Waals surface area contributed by atoms with Crippen molar-refractivity contribution in [1.82, 2.24) is 5.32 Å². The van der Waals surface area contributed by atoms with E-state index in [1.165, 1.54) is 0 Å². The first kappa shape index (κ1) is 11.0. The van der Waals surface area contributed by atoms with Crippen LogP contribution in [0.2, 0.25) is 0 Å². The van der Waals surface area contributed by atoms with Crippen molar-refractivity contribution in [3.63, 3.8) is 0 Å². The number of hydrogen-bond acceptors (Lipinski definition) is 3. The fourth-order valence-electron chi connectivity index (χ4n) is 0.706. The molecule has 0 aromatic heterocycles. The van der Waals surface area contributed by atoms with Crippen LogP contribution in [0.25, 0.3) is 0 Å². The lowest BCUT2D eigenvalue weighted by Gasteiger charge is -2.06. The largest absolute Gasteiger partial charge is 0.461 e. The molecule has 0 rings (SSSR count). The highest BCUT2D eigenvalue weighted by atomic mass is 16.5. The molecule has 0 aliphatic heterocycles. The highest BCUT2D eigenvalue weighted by molar-refractivity contribution is 5.86. The highest BCUT2D eigenvalue weighted by Gasteiger charge is 2.04. The Bertz CT molecular complexity index is 155. The summed E-state index contributed by atoms with van der Waals surface area (Å²) < 4.78 is 4.73. The molecule has 0 radical (unpaired) electrons. The lowest BCUT2D eigenvalue weighted by atomic mass is 10.3. The minimum atomic E-state index is -0.353. The van der Waals surface area contributed by atoms with Crippen LogP contribution >= 0.6 is 0 Å². The summed E-state index contributed by atoms with van der Waals surface area (Å²) in [6.07, 6.45) is 2.14. The summed E-state index contributed by atoms with van der Waals surface area (Å²) in [5.41, 5.74) is 0.352. The Kier molecular flexibility index (Phi) is 6.15. The lowest BCUT2D eigenvalue weighted by molar-refractivity contribution is -0.138. The molecular weight excluding hydrogens is 154 g/mol. The molecule has 0 heterocycles. The van der Waals surface area contributed by atoms with E-state index in [-0.39, 0.29) is 5.97 Å². The van der Waals surface area contributed by atoms with Gasteiger partial charge in [0.2, 0.25) is 0 Å². The van der Waals surface area contributed by atoms with Gasteiger partial charge in [-0.05, 0) is 13.3 Å². The number of ether oxygens (including phenoxy) is 1. The first-order chi connectivity index (χ1) is 5.72. The Hall–Kier alpha value is -0.990. The van der Waals surface area contributed by atoms with Crippen LogP contribution in [-0.2, 0) is 9.53 Å². The van der Waals surface area contributed by atoms with E-state index in [2.05, 4.69) is 18.8 Å². The number of rotatable bonds is 6. The second-order valence-corrected chi connectivity index (χ2v) is 2.48. The standard InChI is InChI=1S/C9H17NO2/c1-4-6-7-10-8(3)9(11)12-5-2/h10H,3-7H2,1-2H3. The van der Waals surface area contributed by atoms with Crippen LogP contribution in [0.4, 0.5) is 0 Å². The van der Waals surface area contributed by atoms with Gasteiger partial charge in [0, 0.05) is 6.54 Å². The number of carbonyl (C=O) groups excluding carboxylic acids is 1. The third kappa shape index (κ3) is 4.77. The summed E-state index contributed by atoms with van der Waals surface area (Å²) in [4.78, 5) is 11.0. The van der Waals surface area contributed by atoms with Gasteiger partial charge in [-0.2, -0.15) is 0 Å². The van der Waals surface area contributed by atoms with E-state index in [1.54, 1.807) is 6.92 Å². The fourth-order valence-corrected chi connectivity index (χ4v) is 0.706. The molecule has 0 saturated carbocycles. The van der Waals surface area contributed by atoms with Crippen molar-refractivity contribution in [3.05, 3.63) is 12.3 Å². The van der Waals surface area contributed by atoms with Crippen molar-refractivity contribution in [3.8, 4) is 0 Å². The van der Waals surface area contributed by atoms with Crippen LogP contribution < -0.4 is 5.32 Å². The maximum atomic E-state index is 11.0. The van der Waals surface area contributed by atoms with Crippen molar-refractivity contribution in [1.29, 1.82) is 0 Å². The zero-order valence-electron chi connectivity index (χ0n) is 7.85. The van der Waals surface area contributed by atoms with E-state index in [9.17, 15) is 4.79 Å². The van der Waals surface area contributed by atoms with Crippen LogP contribution in [0.15, 0.2) is 12.3 Å². The molecule has 0 aliphatic carbocycles. The number of esters is 1. The normalized spacial score (nSPS) is 9.17. The Balaban J connectivity index is 3.50. The molecule has 0 unspecified atom stereocenters. The Labute approximate surface area is 73.8 Å². The van der Waals surface area contributed by atoms with E-state index in [0.29, 0.717) is 12.3 Å². The average molecular weight is 171 g/mol. The Morgan fingerprint density at radius 1 is 1.50 bits per heavy atom. The van der Waals surface area contributed by atoms with Crippen LogP contribution in [-0.4, -0.2) is 19.1 Å². The zero-order chi connectivity index (χ0) is 9.40. The molecule has 0 aromatic carbocycles. The molecule has 0 aliphatic rings. The van der Waals surface area contributed by atoms with Crippen LogP contribution in [0.1, 0.15) is 26.7 Å². The number of unbranched alkanes of at least 4 members (excludes halogenated alkanes) is 1. The van der Waals surface area contributed by atoms with Gasteiger partial charge < -0.3 is 10.1 Å². The van der Waals surface area contributed by atoms with Crippen LogP contribution in [0.5, 0.6) is 0 Å². The van der Waals surface area contributed by atoms with E-state index in [1.807, 2.05) is 0 Å². The van der Waals surface area contributed by atoms with E-state index in [4.69, 9.17) is 4.74 Å². The maximum Gasteiger partial charge on any atom is 0.353 e. The molecule has 0 saturated heterocycles. The van der Waals surface area contributed by atoms with Gasteiger partial charge in [0.25, 0.3) is 0 Å². The van der Waals surface area contributed by atoms with Crippen molar-refractivity contribution in [2.45, 2.75) is 26.7 Å². The highest BCUT2D eigenvalue weighted by Crippen LogP contribution is 1.91. The molecule has 70 valence electrons. The third-order valence-corrected chi connectivity index (χ3v) is 1.39. The van der Waals surface area contributed by atoms with Gasteiger partial charge in [0.15, 0.2) is 0 Å². The van der Waals surface area contributed by atoms with Gasteiger partial charge in [-0.25, -0.2) is 4.79 Å². The summed E-state index contributed by atoms with van der Waals surface area (Å²) in [6, 6.07) is 0. The molecule has 0 spiro atoms. The summed E-state index contributed by atoms with van der Waals surface area (Å²) >= 11 is 0. The van der Waals surface area contributed by atoms with Gasteiger partial charge in [-0.1, -0.05) is 19.9 Å². The minimum Gasteiger partial charge on any atom is -0.461 e. The first-order valence-electron chi connectivity index (χ1n) is 4.32. The Morgan fingerprint density at radius 2 is 2.17 bits per heavy atom. The molecule has 0 atom stereocenters. The number of nitrogens with one attached hydrogen (secondary N) is 1. The van der Waals surface area contributed by atoms with Crippen molar-refractivity contribution in [2.75, 3.05) is 13.2 Å². The maximum absolute atomic E-state index is 11.0. The molecule has 3 nitrogen and oxygen atoms in total. The topological polar surface area (TPSA) is 38.3 Å². The molecular formula is C9H17NO2. The monoisotopic (exact) mass is 171 g/mol. The predicted octanol–water partition coefficient (Wildman–Crippen LogP) is 1.45. The molecule has 0 aromatic rings. The zero-order valence-corrected chi connectivity index (χ0v) is 7.85. The SMILES string of the molecule is C=C(NCCCC)C(=O)OCC. The van der Waals surface area contributed by atoms with Crippen molar-refractivity contribution < 1.29 is 9.53 Å². The molecule has 12 heavy (non-hydrogen) atoms. The first-order valence-corrected chi connectivity index (χ1v) is 4.32. The molecule has 0 fully saturated rings. The summed E-state index contributed by atoms with van der Waals surface area (Å²) in [5.74, 6) is -0.353. The summed E-state index contributed by atoms with van der Waals surface area (Å²) in [7, 11) is 0. The van der Waals surface area contributed by atoms with E-state index >= 15 is 0 Å². The van der Waals surface area contributed by atoms with Crippen LogP contribution in [0.3, 0.4) is 0 Å². The van der Waals surface area contributed by atoms with E-state index in [0.717, 1.165) is 19.4 Å². The quantitative estimate of drug-likeness (QED) is 0.373. The Morgan fingerprint density at radius 3 is 2.67 bits per heavy atom. The van der Waals surface area contributed by atoms with Gasteiger partial charge in [-0.15, -0.1) is 0 Å². The van der Waals surface area contributed by atoms with Gasteiger partial charge >= 0.3 is 5.97 Å². The second kappa shape index (κ2) is 6.70. The van der Waals surface area contributed by atoms with E-state index < -0.39 is 0 Å². The molecule has 1 N–H and O–H groups in total. The van der Waals surface area contributed by atoms with Gasteiger partial charge in [0.1, 0.15) is 5.70 Å². The average Bonchev–Trinajstić information content (AvgIpc) is 2.05. The van der Waals surface area contributed by atoms with Gasteiger partial charge in [0.05, 0.1) is 6.61 Å². The van der Waals surface area contributed by atoms with Gasteiger partial charge in [-0.3, -0.25) is 0 Å². The predicted molar refractivity (Wildman–Crippen MR) is 48.7 cm³/mol. The summed E-state index contributed by atoms with van der Waals surface area (Å²) in [6.45, 7) is 8.61. The second-order valence-electron chi connectivity index (χ2n) is 2.48. The van der Waals surface area contributed by atoms with Crippen LogP contribution in [0, 0.1) is 0 Å². The number of carbonyl (C=O) groups is 1. The minimum absolute atomic E-state index is 0.352. The smallest absolute Gasteiger partial charge is 0.353 e. The molecule has 0 amide bonds. The van der Waals surface area contributed by atoms with Crippen molar-refractivity contribution >= 4 is 5.97 Å². The summed E-state index contributed by atoms with van der Waals surface area (Å²) in [5, 5.41) is 2.90. The molecule has 3 heteroatoms. The molecule has 0 bridgehead atoms.